The molecule has 0 aliphatic heterocycles. The third-order valence-corrected chi connectivity index (χ3v) is 3.44. The maximum absolute atomic E-state index is 13.5. The van der Waals surface area contributed by atoms with Gasteiger partial charge >= 0.3 is 0 Å². The molecule has 2 nitrogen and oxygen atoms in total. The minimum atomic E-state index is -0.590. The second-order valence-electron chi connectivity index (χ2n) is 4.36. The fourth-order valence-corrected chi connectivity index (χ4v) is 2.48. The van der Waals surface area contributed by atoms with E-state index in [1.54, 1.807) is 0 Å². The Morgan fingerprint density at radius 2 is 2.12 bits per heavy atom. The van der Waals surface area contributed by atoms with Crippen LogP contribution in [0.3, 0.4) is 0 Å². The van der Waals surface area contributed by atoms with Crippen LogP contribution >= 0.6 is 12.2 Å². The zero-order valence-electron chi connectivity index (χ0n) is 8.63. The molecule has 16 heavy (non-hydrogen) atoms. The fraction of sp³-hybridized carbons (Fsp3) is 0.364. The lowest BCUT2D eigenvalue weighted by atomic mass is 10.3. The van der Waals surface area contributed by atoms with Crippen LogP contribution < -0.4 is 0 Å². The number of aromatic nitrogens is 2. The molecule has 2 atom stereocenters. The van der Waals surface area contributed by atoms with Gasteiger partial charge in [-0.05, 0) is 30.6 Å². The number of fused-ring (bicyclic) bond motifs is 1. The molecular formula is C11H10F2N2S. The average molecular weight is 240 g/mol. The number of nitrogens with one attached hydrogen (secondary N) is 1. The topological polar surface area (TPSA) is 20.7 Å². The molecule has 2 aromatic rings. The number of halogens is 2. The summed E-state index contributed by atoms with van der Waals surface area (Å²) < 4.78 is 28.9. The first kappa shape index (κ1) is 9.96. The number of aromatic amines is 1. The average Bonchev–Trinajstić information content (AvgIpc) is 2.79. The van der Waals surface area contributed by atoms with Crippen molar-refractivity contribution in [3.8, 4) is 0 Å². The van der Waals surface area contributed by atoms with Gasteiger partial charge < -0.3 is 9.55 Å². The SMILES string of the molecule is CC1CC1n1c(=S)[nH]c2c(F)cc(F)cc21. The van der Waals surface area contributed by atoms with Crippen LogP contribution in [0.1, 0.15) is 19.4 Å². The number of nitrogens with zero attached hydrogens (tertiary/aromatic N) is 1. The van der Waals surface area contributed by atoms with Gasteiger partial charge in [-0.25, -0.2) is 8.78 Å². The van der Waals surface area contributed by atoms with Crippen molar-refractivity contribution in [2.45, 2.75) is 19.4 Å². The van der Waals surface area contributed by atoms with Crippen LogP contribution in [0.2, 0.25) is 0 Å². The predicted molar refractivity (Wildman–Crippen MR) is 59.9 cm³/mol. The molecule has 0 saturated heterocycles. The molecule has 1 aromatic carbocycles. The summed E-state index contributed by atoms with van der Waals surface area (Å²) in [6.07, 6.45) is 1.01. The van der Waals surface area contributed by atoms with Gasteiger partial charge in [0.15, 0.2) is 10.6 Å². The van der Waals surface area contributed by atoms with Crippen molar-refractivity contribution in [2.24, 2.45) is 5.92 Å². The minimum Gasteiger partial charge on any atom is -0.328 e. The van der Waals surface area contributed by atoms with E-state index in [4.69, 9.17) is 12.2 Å². The Kier molecular flexibility index (Phi) is 1.95. The number of H-pyrrole nitrogens is 1. The smallest absolute Gasteiger partial charge is 0.178 e. The zero-order chi connectivity index (χ0) is 11.4. The van der Waals surface area contributed by atoms with Crippen LogP contribution in [-0.4, -0.2) is 9.55 Å². The van der Waals surface area contributed by atoms with Gasteiger partial charge in [0, 0.05) is 12.1 Å². The van der Waals surface area contributed by atoms with Crippen molar-refractivity contribution >= 4 is 23.3 Å². The number of hydrogen-bond donors (Lipinski definition) is 1. The highest BCUT2D eigenvalue weighted by Gasteiger charge is 2.36. The monoisotopic (exact) mass is 240 g/mol. The Balaban J connectivity index is 2.35. The van der Waals surface area contributed by atoms with E-state index in [9.17, 15) is 8.78 Å². The van der Waals surface area contributed by atoms with Crippen LogP contribution in [0.4, 0.5) is 8.78 Å². The molecule has 1 N–H and O–H groups in total. The van der Waals surface area contributed by atoms with Gasteiger partial charge in [0.05, 0.1) is 5.52 Å². The summed E-state index contributed by atoms with van der Waals surface area (Å²) >= 11 is 5.14. The molecule has 1 saturated carbocycles. The maximum atomic E-state index is 13.5. The minimum absolute atomic E-state index is 0.280. The Morgan fingerprint density at radius 1 is 1.44 bits per heavy atom. The maximum Gasteiger partial charge on any atom is 0.178 e. The molecule has 84 valence electrons. The van der Waals surface area contributed by atoms with Crippen molar-refractivity contribution in [3.63, 3.8) is 0 Å². The van der Waals surface area contributed by atoms with E-state index >= 15 is 0 Å². The van der Waals surface area contributed by atoms with Crippen LogP contribution in [0.25, 0.3) is 11.0 Å². The Bertz CT molecular complexity index is 629. The summed E-state index contributed by atoms with van der Waals surface area (Å²) in [5.74, 6) is -0.633. The first-order chi connectivity index (χ1) is 7.58. The van der Waals surface area contributed by atoms with Crippen LogP contribution in [0.15, 0.2) is 12.1 Å². The number of hydrogen-bond acceptors (Lipinski definition) is 1. The second-order valence-corrected chi connectivity index (χ2v) is 4.75. The Labute approximate surface area is 95.9 Å². The first-order valence-electron chi connectivity index (χ1n) is 5.17. The summed E-state index contributed by atoms with van der Waals surface area (Å²) in [5, 5.41) is 0. The molecule has 0 spiro atoms. The standard InChI is InChI=1S/C11H10F2N2S/c1-5-2-8(5)15-9-4-6(12)3-7(13)10(9)14-11(15)16/h3-5,8H,2H2,1H3,(H,14,16). The first-order valence-corrected chi connectivity index (χ1v) is 5.58. The molecule has 0 bridgehead atoms. The van der Waals surface area contributed by atoms with E-state index < -0.39 is 11.6 Å². The lowest BCUT2D eigenvalue weighted by Crippen LogP contribution is -1.95. The third-order valence-electron chi connectivity index (χ3n) is 3.14. The van der Waals surface area contributed by atoms with Gasteiger partial charge in [0.1, 0.15) is 11.3 Å². The number of benzene rings is 1. The van der Waals surface area contributed by atoms with E-state index in [-0.39, 0.29) is 6.04 Å². The summed E-state index contributed by atoms with van der Waals surface area (Å²) in [6.45, 7) is 2.10. The summed E-state index contributed by atoms with van der Waals surface area (Å²) in [4.78, 5) is 2.80. The largest absolute Gasteiger partial charge is 0.328 e. The highest BCUT2D eigenvalue weighted by molar-refractivity contribution is 7.71. The molecule has 1 aliphatic carbocycles. The van der Waals surface area contributed by atoms with Crippen LogP contribution in [0, 0.1) is 22.3 Å². The summed E-state index contributed by atoms with van der Waals surface area (Å²) in [6, 6.07) is 2.48. The van der Waals surface area contributed by atoms with E-state index in [0.717, 1.165) is 12.5 Å². The fourth-order valence-electron chi connectivity index (χ4n) is 2.14. The molecule has 5 heteroatoms. The molecule has 0 radical (unpaired) electrons. The highest BCUT2D eigenvalue weighted by Crippen LogP contribution is 2.44. The van der Waals surface area contributed by atoms with Crippen LogP contribution in [-0.2, 0) is 0 Å². The van der Waals surface area contributed by atoms with Gasteiger partial charge in [0.2, 0.25) is 0 Å². The van der Waals surface area contributed by atoms with Gasteiger partial charge in [-0.1, -0.05) is 6.92 Å². The quantitative estimate of drug-likeness (QED) is 0.756. The van der Waals surface area contributed by atoms with E-state index in [0.29, 0.717) is 21.7 Å². The number of imidazole rings is 1. The van der Waals surface area contributed by atoms with E-state index in [1.807, 2.05) is 4.57 Å². The molecular weight excluding hydrogens is 230 g/mol. The van der Waals surface area contributed by atoms with Gasteiger partial charge in [-0.2, -0.15) is 0 Å². The Hall–Kier alpha value is -1.23. The normalized spacial score (nSPS) is 23.9. The summed E-state index contributed by atoms with van der Waals surface area (Å²) in [5.41, 5.74) is 0.822. The van der Waals surface area contributed by atoms with Crippen LogP contribution in [0.5, 0.6) is 0 Å². The van der Waals surface area contributed by atoms with Crippen molar-refractivity contribution in [1.29, 1.82) is 0 Å². The lowest BCUT2D eigenvalue weighted by Gasteiger charge is -2.02. The molecule has 2 unspecified atom stereocenters. The second kappa shape index (κ2) is 3.13. The van der Waals surface area contributed by atoms with E-state index in [2.05, 4.69) is 11.9 Å². The molecule has 1 fully saturated rings. The highest BCUT2D eigenvalue weighted by atomic mass is 32.1. The van der Waals surface area contributed by atoms with Crippen molar-refractivity contribution in [1.82, 2.24) is 9.55 Å². The summed E-state index contributed by atoms with van der Waals surface area (Å²) in [7, 11) is 0. The van der Waals surface area contributed by atoms with Crippen molar-refractivity contribution in [3.05, 3.63) is 28.5 Å². The lowest BCUT2D eigenvalue weighted by molar-refractivity contribution is 0.589. The van der Waals surface area contributed by atoms with Crippen molar-refractivity contribution < 1.29 is 8.78 Å². The van der Waals surface area contributed by atoms with Crippen molar-refractivity contribution in [2.75, 3.05) is 0 Å². The Morgan fingerprint density at radius 3 is 2.75 bits per heavy atom. The molecule has 1 aromatic heterocycles. The van der Waals surface area contributed by atoms with Gasteiger partial charge in [-0.3, -0.25) is 0 Å². The predicted octanol–water partition coefficient (Wildman–Crippen LogP) is 3.56. The van der Waals surface area contributed by atoms with Gasteiger partial charge in [-0.15, -0.1) is 0 Å². The van der Waals surface area contributed by atoms with Gasteiger partial charge in [0.25, 0.3) is 0 Å². The molecule has 1 heterocycles. The van der Waals surface area contributed by atoms with E-state index in [1.165, 1.54) is 6.07 Å². The molecule has 0 amide bonds. The number of rotatable bonds is 1. The molecule has 1 aliphatic rings. The zero-order valence-corrected chi connectivity index (χ0v) is 9.44. The molecule has 3 rings (SSSR count). The third kappa shape index (κ3) is 1.31.